The van der Waals surface area contributed by atoms with Gasteiger partial charge in [0, 0.05) is 24.4 Å². The highest BCUT2D eigenvalue weighted by molar-refractivity contribution is 8.01. The van der Waals surface area contributed by atoms with Gasteiger partial charge in [-0.15, -0.1) is 11.3 Å². The second kappa shape index (κ2) is 10.2. The minimum Gasteiger partial charge on any atom is -0.376 e. The average molecular weight is 496 g/mol. The zero-order chi connectivity index (χ0) is 21.8. The monoisotopic (exact) mass is 495 g/mol. The largest absolute Gasteiger partial charge is 0.376 e. The lowest BCUT2D eigenvalue weighted by molar-refractivity contribution is -0.119. The third-order valence-electron chi connectivity index (χ3n) is 4.69. The van der Waals surface area contributed by atoms with Gasteiger partial charge in [0.25, 0.3) is 5.91 Å². The molecule has 3 aromatic rings. The van der Waals surface area contributed by atoms with Crippen molar-refractivity contribution in [2.24, 2.45) is 0 Å². The van der Waals surface area contributed by atoms with Crippen molar-refractivity contribution in [3.8, 4) is 0 Å². The van der Waals surface area contributed by atoms with Crippen molar-refractivity contribution in [1.82, 2.24) is 10.3 Å². The number of thioether (sulfide) groups is 1. The Hall–Kier alpha value is -1.84. The number of halogens is 2. The van der Waals surface area contributed by atoms with E-state index in [1.54, 1.807) is 18.2 Å². The van der Waals surface area contributed by atoms with E-state index in [9.17, 15) is 9.59 Å². The molecule has 0 spiro atoms. The fourth-order valence-corrected chi connectivity index (χ4v) is 5.33. The summed E-state index contributed by atoms with van der Waals surface area (Å²) in [5, 5.41) is 6.49. The van der Waals surface area contributed by atoms with Crippen LogP contribution < -0.4 is 10.6 Å². The number of benzene rings is 2. The van der Waals surface area contributed by atoms with Gasteiger partial charge in [-0.05, 0) is 49.2 Å². The van der Waals surface area contributed by atoms with Crippen molar-refractivity contribution in [2.75, 3.05) is 24.2 Å². The normalized spacial score (nSPS) is 15.9. The van der Waals surface area contributed by atoms with Gasteiger partial charge in [0.15, 0.2) is 4.34 Å². The molecular weight excluding hydrogens is 477 g/mol. The minimum atomic E-state index is -0.278. The molecule has 2 N–H and O–H groups in total. The summed E-state index contributed by atoms with van der Waals surface area (Å²) in [6.07, 6.45) is 2.18. The smallest absolute Gasteiger partial charge is 0.255 e. The third-order valence-corrected chi connectivity index (χ3v) is 7.59. The molecule has 2 amide bonds. The van der Waals surface area contributed by atoms with Crippen LogP contribution in [0.3, 0.4) is 0 Å². The lowest BCUT2D eigenvalue weighted by Gasteiger charge is -2.09. The second-order valence-electron chi connectivity index (χ2n) is 6.97. The zero-order valence-corrected chi connectivity index (χ0v) is 19.5. The SMILES string of the molecule is O=C(CSc1nc2ccc(NC(=O)c3ccc(Cl)c(Cl)c3)cc2s1)NCC1CCCO1. The summed E-state index contributed by atoms with van der Waals surface area (Å²) >= 11 is 14.8. The Labute approximate surface area is 197 Å². The number of fused-ring (bicyclic) bond motifs is 1. The number of hydrogen-bond donors (Lipinski definition) is 2. The van der Waals surface area contributed by atoms with E-state index in [0.29, 0.717) is 33.6 Å². The number of carbonyl (C=O) groups is 2. The quantitative estimate of drug-likeness (QED) is 0.437. The Balaban J connectivity index is 1.34. The van der Waals surface area contributed by atoms with Gasteiger partial charge in [-0.1, -0.05) is 35.0 Å². The summed E-state index contributed by atoms with van der Waals surface area (Å²) in [5.41, 5.74) is 1.89. The first kappa shape index (κ1) is 22.4. The molecule has 0 bridgehead atoms. The number of carbonyl (C=O) groups excluding carboxylic acids is 2. The fourth-order valence-electron chi connectivity index (χ4n) is 3.09. The van der Waals surface area contributed by atoms with Crippen LogP contribution in [0.2, 0.25) is 10.0 Å². The number of thiazole rings is 1. The second-order valence-corrected chi connectivity index (χ2v) is 10.0. The van der Waals surface area contributed by atoms with Crippen LogP contribution in [0.4, 0.5) is 5.69 Å². The number of anilines is 1. The molecule has 1 unspecified atom stereocenters. The molecule has 6 nitrogen and oxygen atoms in total. The molecule has 0 radical (unpaired) electrons. The summed E-state index contributed by atoms with van der Waals surface area (Å²) in [6.45, 7) is 1.33. The molecule has 1 saturated heterocycles. The van der Waals surface area contributed by atoms with Crippen LogP contribution in [0.5, 0.6) is 0 Å². The molecule has 1 aliphatic heterocycles. The predicted octanol–water partition coefficient (Wildman–Crippen LogP) is 5.24. The van der Waals surface area contributed by atoms with E-state index in [2.05, 4.69) is 15.6 Å². The molecule has 2 heterocycles. The van der Waals surface area contributed by atoms with Crippen LogP contribution >= 0.6 is 46.3 Å². The van der Waals surface area contributed by atoms with Crippen molar-refractivity contribution >= 4 is 74.0 Å². The molecular formula is C21H19Cl2N3O3S2. The van der Waals surface area contributed by atoms with Gasteiger partial charge in [-0.2, -0.15) is 0 Å². The van der Waals surface area contributed by atoms with Crippen LogP contribution in [-0.2, 0) is 9.53 Å². The first-order valence-corrected chi connectivity index (χ1v) is 12.2. The van der Waals surface area contributed by atoms with E-state index in [1.165, 1.54) is 29.2 Å². The van der Waals surface area contributed by atoms with Gasteiger partial charge in [-0.25, -0.2) is 4.98 Å². The van der Waals surface area contributed by atoms with Gasteiger partial charge in [0.05, 0.1) is 32.1 Å². The minimum absolute atomic E-state index is 0.0330. The lowest BCUT2D eigenvalue weighted by atomic mass is 10.2. The first-order valence-electron chi connectivity index (χ1n) is 9.66. The predicted molar refractivity (Wildman–Crippen MR) is 127 cm³/mol. The summed E-state index contributed by atoms with van der Waals surface area (Å²) in [5.74, 6) is -0.0118. The first-order chi connectivity index (χ1) is 15.0. The Kier molecular flexibility index (Phi) is 7.35. The Morgan fingerprint density at radius 1 is 1.19 bits per heavy atom. The fraction of sp³-hybridized carbons (Fsp3) is 0.286. The zero-order valence-electron chi connectivity index (χ0n) is 16.3. The van der Waals surface area contributed by atoms with Crippen molar-refractivity contribution < 1.29 is 14.3 Å². The van der Waals surface area contributed by atoms with Crippen LogP contribution in [0.15, 0.2) is 40.7 Å². The Bertz CT molecular complexity index is 1120. The lowest BCUT2D eigenvalue weighted by Crippen LogP contribution is -2.32. The molecule has 10 heteroatoms. The molecule has 1 fully saturated rings. The van der Waals surface area contributed by atoms with Crippen molar-refractivity contribution in [3.05, 3.63) is 52.0 Å². The number of rotatable bonds is 7. The molecule has 2 aromatic carbocycles. The van der Waals surface area contributed by atoms with Crippen LogP contribution in [0.1, 0.15) is 23.2 Å². The standard InChI is InChI=1S/C21H19Cl2N3O3S2/c22-15-5-3-12(8-16(15)23)20(28)25-13-4-6-17-18(9-13)31-21(26-17)30-11-19(27)24-10-14-2-1-7-29-14/h3-6,8-9,14H,1-2,7,10-11H2,(H,24,27)(H,25,28). The van der Waals surface area contributed by atoms with Crippen LogP contribution in [-0.4, -0.2) is 41.8 Å². The van der Waals surface area contributed by atoms with Crippen molar-refractivity contribution in [1.29, 1.82) is 0 Å². The average Bonchev–Trinajstić information content (AvgIpc) is 3.41. The Morgan fingerprint density at radius 2 is 2.06 bits per heavy atom. The van der Waals surface area contributed by atoms with Crippen LogP contribution in [0.25, 0.3) is 10.2 Å². The topological polar surface area (TPSA) is 80.3 Å². The van der Waals surface area contributed by atoms with E-state index in [-0.39, 0.29) is 17.9 Å². The van der Waals surface area contributed by atoms with E-state index in [0.717, 1.165) is 34.0 Å². The highest BCUT2D eigenvalue weighted by atomic mass is 35.5. The number of amides is 2. The summed E-state index contributed by atoms with van der Waals surface area (Å²) < 4.78 is 7.24. The number of aromatic nitrogens is 1. The third kappa shape index (κ3) is 5.90. The molecule has 1 atom stereocenters. The summed E-state index contributed by atoms with van der Waals surface area (Å²) in [4.78, 5) is 29.1. The van der Waals surface area contributed by atoms with E-state index in [1.807, 2.05) is 12.1 Å². The molecule has 0 saturated carbocycles. The highest BCUT2D eigenvalue weighted by Gasteiger charge is 2.16. The van der Waals surface area contributed by atoms with E-state index in [4.69, 9.17) is 27.9 Å². The molecule has 4 rings (SSSR count). The Morgan fingerprint density at radius 3 is 2.84 bits per heavy atom. The number of nitrogens with one attached hydrogen (secondary N) is 2. The van der Waals surface area contributed by atoms with Crippen LogP contribution in [0, 0.1) is 0 Å². The van der Waals surface area contributed by atoms with Gasteiger partial charge in [0.1, 0.15) is 0 Å². The van der Waals surface area contributed by atoms with Gasteiger partial charge >= 0.3 is 0 Å². The van der Waals surface area contributed by atoms with E-state index < -0.39 is 0 Å². The van der Waals surface area contributed by atoms with Crippen molar-refractivity contribution in [3.63, 3.8) is 0 Å². The van der Waals surface area contributed by atoms with Crippen molar-refractivity contribution in [2.45, 2.75) is 23.3 Å². The molecule has 0 aliphatic carbocycles. The number of nitrogens with zero attached hydrogens (tertiary/aromatic N) is 1. The van der Waals surface area contributed by atoms with Gasteiger partial charge in [-0.3, -0.25) is 9.59 Å². The molecule has 31 heavy (non-hydrogen) atoms. The maximum atomic E-state index is 12.5. The number of ether oxygens (including phenoxy) is 1. The van der Waals surface area contributed by atoms with E-state index >= 15 is 0 Å². The summed E-state index contributed by atoms with van der Waals surface area (Å²) in [7, 11) is 0. The van der Waals surface area contributed by atoms with Gasteiger partial charge < -0.3 is 15.4 Å². The summed E-state index contributed by atoms with van der Waals surface area (Å²) in [6, 6.07) is 10.2. The molecule has 162 valence electrons. The maximum absolute atomic E-state index is 12.5. The number of hydrogen-bond acceptors (Lipinski definition) is 6. The maximum Gasteiger partial charge on any atom is 0.255 e. The molecule has 1 aromatic heterocycles. The van der Waals surface area contributed by atoms with Gasteiger partial charge in [0.2, 0.25) is 5.91 Å². The highest BCUT2D eigenvalue weighted by Crippen LogP contribution is 2.31. The molecule has 1 aliphatic rings.